The molecule has 0 aliphatic carbocycles. The van der Waals surface area contributed by atoms with E-state index in [1.807, 2.05) is 0 Å². The maximum Gasteiger partial charge on any atom is 0.185 e. The molecule has 1 aromatic heterocycles. The van der Waals surface area contributed by atoms with Gasteiger partial charge in [0.15, 0.2) is 9.84 Å². The van der Waals surface area contributed by atoms with Crippen LogP contribution in [0.2, 0.25) is 0 Å². The Balaban J connectivity index is 2.29. The minimum atomic E-state index is -3.52. The highest BCUT2D eigenvalue weighted by atomic mass is 32.2. The molecule has 0 aliphatic rings. The molecule has 2 aromatic rings. The summed E-state index contributed by atoms with van der Waals surface area (Å²) >= 11 is 0. The second-order valence-electron chi connectivity index (χ2n) is 3.38. The van der Waals surface area contributed by atoms with Crippen LogP contribution in [0.15, 0.2) is 47.6 Å². The van der Waals surface area contributed by atoms with Crippen LogP contribution < -0.4 is 0 Å². The van der Waals surface area contributed by atoms with Gasteiger partial charge in [0.05, 0.1) is 4.90 Å². The zero-order valence-corrected chi connectivity index (χ0v) is 9.56. The molecule has 0 N–H and O–H groups in total. The third kappa shape index (κ3) is 2.85. The molecule has 1 heterocycles. The fourth-order valence-corrected chi connectivity index (χ4v) is 2.51. The van der Waals surface area contributed by atoms with E-state index in [-0.39, 0.29) is 16.5 Å². The van der Waals surface area contributed by atoms with Crippen molar-refractivity contribution in [3.8, 4) is 0 Å². The summed E-state index contributed by atoms with van der Waals surface area (Å²) in [5.41, 5.74) is 0. The van der Waals surface area contributed by atoms with Crippen molar-refractivity contribution in [2.24, 2.45) is 0 Å². The highest BCUT2D eigenvalue weighted by Crippen LogP contribution is 2.14. The van der Waals surface area contributed by atoms with E-state index >= 15 is 0 Å². The van der Waals surface area contributed by atoms with Crippen LogP contribution in [0, 0.1) is 5.82 Å². The smallest absolute Gasteiger partial charge is 0.185 e. The second kappa shape index (κ2) is 4.58. The van der Waals surface area contributed by atoms with E-state index in [2.05, 4.69) is 9.97 Å². The Morgan fingerprint density at radius 1 is 1.06 bits per heavy atom. The highest BCUT2D eigenvalue weighted by Gasteiger charge is 2.16. The molecule has 4 nitrogen and oxygen atoms in total. The van der Waals surface area contributed by atoms with E-state index in [4.69, 9.17) is 0 Å². The van der Waals surface area contributed by atoms with Crippen LogP contribution >= 0.6 is 0 Å². The average molecular weight is 252 g/mol. The molecule has 0 saturated carbocycles. The van der Waals surface area contributed by atoms with Crippen molar-refractivity contribution in [2.75, 3.05) is 0 Å². The van der Waals surface area contributed by atoms with Crippen LogP contribution in [0.25, 0.3) is 0 Å². The fourth-order valence-electron chi connectivity index (χ4n) is 1.30. The van der Waals surface area contributed by atoms with E-state index in [1.165, 1.54) is 24.5 Å². The Morgan fingerprint density at radius 2 is 1.65 bits per heavy atom. The lowest BCUT2D eigenvalue weighted by molar-refractivity contribution is 0.592. The fraction of sp³-hybridized carbons (Fsp3) is 0.0909. The van der Waals surface area contributed by atoms with Crippen molar-refractivity contribution in [1.82, 2.24) is 9.97 Å². The maximum absolute atomic E-state index is 12.7. The first-order valence-electron chi connectivity index (χ1n) is 4.82. The largest absolute Gasteiger partial charge is 0.240 e. The Hall–Kier alpha value is -1.82. The van der Waals surface area contributed by atoms with Gasteiger partial charge in [-0.2, -0.15) is 0 Å². The molecule has 0 bridgehead atoms. The Bertz CT molecular complexity index is 597. The Morgan fingerprint density at radius 3 is 2.24 bits per heavy atom. The summed E-state index contributed by atoms with van der Waals surface area (Å²) in [5, 5.41) is 0. The third-order valence-electron chi connectivity index (χ3n) is 2.11. The number of nitrogens with zero attached hydrogens (tertiary/aromatic N) is 2. The van der Waals surface area contributed by atoms with Gasteiger partial charge in [-0.25, -0.2) is 22.8 Å². The molecule has 0 aliphatic heterocycles. The number of hydrogen-bond donors (Lipinski definition) is 0. The molecule has 0 radical (unpaired) electrons. The van der Waals surface area contributed by atoms with E-state index in [1.54, 1.807) is 6.07 Å². The van der Waals surface area contributed by atoms with Gasteiger partial charge in [0.1, 0.15) is 17.4 Å². The molecule has 0 saturated heterocycles. The lowest BCUT2D eigenvalue weighted by Gasteiger charge is -2.02. The standard InChI is InChI=1S/C11H9FN2O2S/c12-9-2-4-10(5-3-9)17(15,16)8-11-13-6-1-7-14-11/h1-7H,8H2. The maximum atomic E-state index is 12.7. The normalized spacial score (nSPS) is 11.4. The summed E-state index contributed by atoms with van der Waals surface area (Å²) in [7, 11) is -3.52. The lowest BCUT2D eigenvalue weighted by atomic mass is 10.4. The van der Waals surface area contributed by atoms with Crippen LogP contribution in [0.5, 0.6) is 0 Å². The van der Waals surface area contributed by atoms with Gasteiger partial charge in [-0.15, -0.1) is 0 Å². The van der Waals surface area contributed by atoms with E-state index in [9.17, 15) is 12.8 Å². The van der Waals surface area contributed by atoms with Crippen molar-refractivity contribution >= 4 is 9.84 Å². The van der Waals surface area contributed by atoms with Crippen molar-refractivity contribution in [1.29, 1.82) is 0 Å². The van der Waals surface area contributed by atoms with Crippen LogP contribution in [-0.4, -0.2) is 18.4 Å². The van der Waals surface area contributed by atoms with Gasteiger partial charge in [-0.05, 0) is 30.3 Å². The van der Waals surface area contributed by atoms with Crippen LogP contribution in [-0.2, 0) is 15.6 Å². The molecule has 88 valence electrons. The SMILES string of the molecule is O=S(=O)(Cc1ncccn1)c1ccc(F)cc1. The number of halogens is 1. The summed E-state index contributed by atoms with van der Waals surface area (Å²) in [5.74, 6) is -0.545. The number of rotatable bonds is 3. The van der Waals surface area contributed by atoms with Gasteiger partial charge in [-0.3, -0.25) is 0 Å². The molecule has 17 heavy (non-hydrogen) atoms. The first-order valence-corrected chi connectivity index (χ1v) is 6.47. The van der Waals surface area contributed by atoms with Crippen LogP contribution in [0.4, 0.5) is 4.39 Å². The molecular formula is C11H9FN2O2S. The van der Waals surface area contributed by atoms with Crippen molar-refractivity contribution in [3.63, 3.8) is 0 Å². The van der Waals surface area contributed by atoms with Gasteiger partial charge in [0.25, 0.3) is 0 Å². The average Bonchev–Trinajstić information content (AvgIpc) is 2.30. The van der Waals surface area contributed by atoms with Crippen LogP contribution in [0.3, 0.4) is 0 Å². The molecular weight excluding hydrogens is 243 g/mol. The van der Waals surface area contributed by atoms with Gasteiger partial charge < -0.3 is 0 Å². The number of benzene rings is 1. The molecule has 0 amide bonds. The molecule has 2 rings (SSSR count). The van der Waals surface area contributed by atoms with E-state index in [0.717, 1.165) is 12.1 Å². The Labute approximate surface area is 98.1 Å². The van der Waals surface area contributed by atoms with E-state index in [0.29, 0.717) is 0 Å². The minimum absolute atomic E-state index is 0.0614. The van der Waals surface area contributed by atoms with Crippen LogP contribution in [0.1, 0.15) is 5.82 Å². The van der Waals surface area contributed by atoms with Crippen molar-refractivity contribution in [2.45, 2.75) is 10.6 Å². The quantitative estimate of drug-likeness (QED) is 0.778. The van der Waals surface area contributed by atoms with Crippen molar-refractivity contribution < 1.29 is 12.8 Å². The summed E-state index contributed by atoms with van der Waals surface area (Å²) in [6, 6.07) is 6.28. The molecule has 1 aromatic carbocycles. The van der Waals surface area contributed by atoms with Gasteiger partial charge in [-0.1, -0.05) is 0 Å². The minimum Gasteiger partial charge on any atom is -0.240 e. The van der Waals surface area contributed by atoms with Gasteiger partial charge in [0.2, 0.25) is 0 Å². The predicted octanol–water partition coefficient (Wildman–Crippen LogP) is 1.59. The molecule has 0 spiro atoms. The molecule has 0 atom stereocenters. The zero-order valence-electron chi connectivity index (χ0n) is 8.75. The summed E-state index contributed by atoms with van der Waals surface area (Å²) in [6.45, 7) is 0. The highest BCUT2D eigenvalue weighted by molar-refractivity contribution is 7.90. The monoisotopic (exact) mass is 252 g/mol. The molecule has 0 unspecified atom stereocenters. The van der Waals surface area contributed by atoms with E-state index < -0.39 is 15.7 Å². The van der Waals surface area contributed by atoms with Crippen molar-refractivity contribution in [3.05, 3.63) is 54.4 Å². The van der Waals surface area contributed by atoms with Gasteiger partial charge in [0, 0.05) is 12.4 Å². The second-order valence-corrected chi connectivity index (χ2v) is 5.37. The summed E-state index contributed by atoms with van der Waals surface area (Å²) in [4.78, 5) is 7.75. The summed E-state index contributed by atoms with van der Waals surface area (Å²) < 4.78 is 36.5. The number of aromatic nitrogens is 2. The predicted molar refractivity (Wildman–Crippen MR) is 59.3 cm³/mol. The molecule has 0 fully saturated rings. The topological polar surface area (TPSA) is 59.9 Å². The number of hydrogen-bond acceptors (Lipinski definition) is 4. The van der Waals surface area contributed by atoms with Gasteiger partial charge >= 0.3 is 0 Å². The zero-order chi connectivity index (χ0) is 12.3. The number of sulfone groups is 1. The third-order valence-corrected chi connectivity index (χ3v) is 3.74. The first kappa shape index (κ1) is 11.7. The lowest BCUT2D eigenvalue weighted by Crippen LogP contribution is -2.07. The first-order chi connectivity index (χ1) is 8.08. The molecule has 6 heteroatoms. The summed E-state index contributed by atoms with van der Waals surface area (Å²) in [6.07, 6.45) is 2.95. The Kier molecular flexibility index (Phi) is 3.14.